The number of nitrogens with one attached hydrogen (secondary N) is 1. The summed E-state index contributed by atoms with van der Waals surface area (Å²) in [7, 11) is 0. The molecule has 0 amide bonds. The van der Waals surface area contributed by atoms with E-state index in [1.54, 1.807) is 12.3 Å². The van der Waals surface area contributed by atoms with Gasteiger partial charge in [-0.3, -0.25) is 4.98 Å². The molecule has 0 saturated carbocycles. The van der Waals surface area contributed by atoms with Crippen molar-refractivity contribution in [3.05, 3.63) is 76.2 Å². The number of hydrogen-bond acceptors (Lipinski definition) is 3. The molecule has 0 aliphatic carbocycles. The second kappa shape index (κ2) is 8.34. The fraction of sp³-hybridized carbons (Fsp3) is 0.273. The maximum Gasteiger partial charge on any atom is 0.170 e. The van der Waals surface area contributed by atoms with Gasteiger partial charge in [-0.1, -0.05) is 49.2 Å². The average molecular weight is 446 g/mol. The molecule has 1 N–H and O–H groups in total. The zero-order valence-electron chi connectivity index (χ0n) is 16.1. The summed E-state index contributed by atoms with van der Waals surface area (Å²) in [5.74, 6) is 1.92. The Bertz CT molecular complexity index is 1020. The van der Waals surface area contributed by atoms with Crippen LogP contribution in [0.25, 0.3) is 11.3 Å². The number of halogens is 2. The van der Waals surface area contributed by atoms with Crippen molar-refractivity contribution in [2.75, 3.05) is 6.54 Å². The molecule has 0 bridgehead atoms. The molecule has 150 valence electrons. The first-order chi connectivity index (χ1) is 14.0. The number of hydrogen-bond donors (Lipinski definition) is 1. The first-order valence-corrected chi connectivity index (χ1v) is 10.6. The third-order valence-electron chi connectivity index (χ3n) is 4.89. The highest BCUT2D eigenvalue weighted by atomic mass is 35.5. The number of thiocarbonyl (C=S) groups is 1. The van der Waals surface area contributed by atoms with Gasteiger partial charge in [0.25, 0.3) is 0 Å². The first kappa shape index (κ1) is 20.2. The normalized spacial score (nSPS) is 19.1. The van der Waals surface area contributed by atoms with E-state index in [4.69, 9.17) is 39.8 Å². The van der Waals surface area contributed by atoms with Crippen LogP contribution in [0.15, 0.2) is 59.1 Å². The number of benzene rings is 1. The van der Waals surface area contributed by atoms with E-state index in [0.29, 0.717) is 26.8 Å². The molecule has 29 heavy (non-hydrogen) atoms. The Morgan fingerprint density at radius 2 is 1.97 bits per heavy atom. The van der Waals surface area contributed by atoms with Crippen LogP contribution in [0.5, 0.6) is 0 Å². The summed E-state index contributed by atoms with van der Waals surface area (Å²) < 4.78 is 6.29. The lowest BCUT2D eigenvalue weighted by atomic mass is 10.0. The maximum atomic E-state index is 6.40. The molecule has 1 aliphatic rings. The van der Waals surface area contributed by atoms with E-state index >= 15 is 0 Å². The van der Waals surface area contributed by atoms with Gasteiger partial charge in [0, 0.05) is 18.3 Å². The summed E-state index contributed by atoms with van der Waals surface area (Å²) >= 11 is 18.2. The van der Waals surface area contributed by atoms with Gasteiger partial charge in [0.2, 0.25) is 0 Å². The summed E-state index contributed by atoms with van der Waals surface area (Å²) in [5, 5.41) is 5.12. The molecule has 3 aromatic rings. The van der Waals surface area contributed by atoms with Gasteiger partial charge in [0.15, 0.2) is 5.11 Å². The van der Waals surface area contributed by atoms with Crippen LogP contribution in [0.1, 0.15) is 37.4 Å². The highest BCUT2D eigenvalue weighted by Crippen LogP contribution is 2.42. The standard InChI is InChI=1S/C22H21Cl2N3OS/c1-13(2)12-27-21(20(26-22(27)29)16-8-3-4-11-25-16)18-10-9-17(28-18)14-6-5-7-15(23)19(14)24/h3-11,13,20-21H,12H2,1-2H3,(H,26,29). The van der Waals surface area contributed by atoms with E-state index in [-0.39, 0.29) is 12.1 Å². The Balaban J connectivity index is 1.75. The van der Waals surface area contributed by atoms with Crippen molar-refractivity contribution in [2.45, 2.75) is 25.9 Å². The van der Waals surface area contributed by atoms with Crippen LogP contribution in [-0.4, -0.2) is 21.5 Å². The second-order valence-electron chi connectivity index (χ2n) is 7.48. The average Bonchev–Trinajstić information content (AvgIpc) is 3.29. The topological polar surface area (TPSA) is 41.3 Å². The lowest BCUT2D eigenvalue weighted by Crippen LogP contribution is -2.32. The molecule has 2 unspecified atom stereocenters. The highest BCUT2D eigenvalue weighted by molar-refractivity contribution is 7.80. The Kier molecular flexibility index (Phi) is 5.81. The van der Waals surface area contributed by atoms with Crippen molar-refractivity contribution in [2.24, 2.45) is 5.92 Å². The smallest absolute Gasteiger partial charge is 0.170 e. The van der Waals surface area contributed by atoms with Crippen LogP contribution in [-0.2, 0) is 0 Å². The summed E-state index contributed by atoms with van der Waals surface area (Å²) in [6, 6.07) is 15.1. The van der Waals surface area contributed by atoms with Crippen molar-refractivity contribution in [3.63, 3.8) is 0 Å². The van der Waals surface area contributed by atoms with Gasteiger partial charge < -0.3 is 14.6 Å². The van der Waals surface area contributed by atoms with Gasteiger partial charge in [0.1, 0.15) is 17.6 Å². The largest absolute Gasteiger partial charge is 0.459 e. The van der Waals surface area contributed by atoms with Crippen molar-refractivity contribution >= 4 is 40.5 Å². The summed E-state index contributed by atoms with van der Waals surface area (Å²) in [6.07, 6.45) is 1.79. The van der Waals surface area contributed by atoms with E-state index in [0.717, 1.165) is 23.6 Å². The van der Waals surface area contributed by atoms with Gasteiger partial charge >= 0.3 is 0 Å². The number of rotatable bonds is 5. The fourth-order valence-electron chi connectivity index (χ4n) is 3.66. The number of furan rings is 1. The van der Waals surface area contributed by atoms with E-state index < -0.39 is 0 Å². The quantitative estimate of drug-likeness (QED) is 0.468. The van der Waals surface area contributed by atoms with Gasteiger partial charge in [-0.25, -0.2) is 0 Å². The van der Waals surface area contributed by atoms with Crippen molar-refractivity contribution in [1.82, 2.24) is 15.2 Å². The zero-order valence-corrected chi connectivity index (χ0v) is 18.4. The molecule has 4 rings (SSSR count). The van der Waals surface area contributed by atoms with Crippen LogP contribution < -0.4 is 5.32 Å². The SMILES string of the molecule is CC(C)CN1C(=S)NC(c2ccccn2)C1c1ccc(-c2cccc(Cl)c2Cl)o1. The molecule has 1 fully saturated rings. The van der Waals surface area contributed by atoms with Crippen LogP contribution in [0.3, 0.4) is 0 Å². The molecule has 1 saturated heterocycles. The monoisotopic (exact) mass is 445 g/mol. The lowest BCUT2D eigenvalue weighted by Gasteiger charge is -2.27. The summed E-state index contributed by atoms with van der Waals surface area (Å²) in [4.78, 5) is 6.73. The predicted molar refractivity (Wildman–Crippen MR) is 121 cm³/mol. The highest BCUT2D eigenvalue weighted by Gasteiger charge is 2.41. The van der Waals surface area contributed by atoms with Crippen molar-refractivity contribution < 1.29 is 4.42 Å². The zero-order chi connectivity index (χ0) is 20.5. The van der Waals surface area contributed by atoms with E-state index in [1.807, 2.05) is 42.5 Å². The minimum Gasteiger partial charge on any atom is -0.459 e. The number of nitrogens with zero attached hydrogens (tertiary/aromatic N) is 2. The Labute approximate surface area is 185 Å². The van der Waals surface area contributed by atoms with Gasteiger partial charge in [-0.15, -0.1) is 0 Å². The van der Waals surface area contributed by atoms with Crippen molar-refractivity contribution in [1.29, 1.82) is 0 Å². The van der Waals surface area contributed by atoms with E-state index in [9.17, 15) is 0 Å². The molecule has 4 nitrogen and oxygen atoms in total. The summed E-state index contributed by atoms with van der Waals surface area (Å²) in [6.45, 7) is 5.16. The van der Waals surface area contributed by atoms with Crippen LogP contribution in [0.4, 0.5) is 0 Å². The molecule has 0 radical (unpaired) electrons. The molecular weight excluding hydrogens is 425 g/mol. The Morgan fingerprint density at radius 3 is 2.69 bits per heavy atom. The Hall–Kier alpha value is -2.08. The molecular formula is C22H21Cl2N3OS. The van der Waals surface area contributed by atoms with Gasteiger partial charge in [0.05, 0.1) is 21.8 Å². The van der Waals surface area contributed by atoms with Crippen LogP contribution in [0, 0.1) is 5.92 Å². The van der Waals surface area contributed by atoms with Gasteiger partial charge in [-0.2, -0.15) is 0 Å². The second-order valence-corrected chi connectivity index (χ2v) is 8.65. The van der Waals surface area contributed by atoms with E-state index in [1.165, 1.54) is 0 Å². The third-order valence-corrected chi connectivity index (χ3v) is 6.07. The molecule has 7 heteroatoms. The Morgan fingerprint density at radius 1 is 1.14 bits per heavy atom. The number of pyridine rings is 1. The predicted octanol–water partition coefficient (Wildman–Crippen LogP) is 6.28. The molecule has 1 aromatic carbocycles. The van der Waals surface area contributed by atoms with Crippen LogP contribution >= 0.6 is 35.4 Å². The molecule has 0 spiro atoms. The fourth-order valence-corrected chi connectivity index (χ4v) is 4.36. The molecule has 3 heterocycles. The summed E-state index contributed by atoms with van der Waals surface area (Å²) in [5.41, 5.74) is 1.69. The maximum absolute atomic E-state index is 6.40. The van der Waals surface area contributed by atoms with Crippen LogP contribution in [0.2, 0.25) is 10.0 Å². The molecule has 2 atom stereocenters. The first-order valence-electron chi connectivity index (χ1n) is 9.48. The van der Waals surface area contributed by atoms with E-state index in [2.05, 4.69) is 29.0 Å². The minimum absolute atomic E-state index is 0.101. The molecule has 1 aliphatic heterocycles. The lowest BCUT2D eigenvalue weighted by molar-refractivity contribution is 0.253. The third kappa shape index (κ3) is 4.00. The number of aromatic nitrogens is 1. The van der Waals surface area contributed by atoms with Gasteiger partial charge in [-0.05, 0) is 54.5 Å². The molecule has 2 aromatic heterocycles. The minimum atomic E-state index is -0.105. The van der Waals surface area contributed by atoms with Crippen molar-refractivity contribution in [3.8, 4) is 11.3 Å².